The van der Waals surface area contributed by atoms with Crippen LogP contribution in [0.25, 0.3) is 0 Å². The molecule has 0 aliphatic rings. The van der Waals surface area contributed by atoms with Crippen molar-refractivity contribution in [3.63, 3.8) is 0 Å². The Hall–Kier alpha value is -0.344. The van der Waals surface area contributed by atoms with E-state index < -0.39 is 0 Å². The van der Waals surface area contributed by atoms with Gasteiger partial charge in [0.05, 0.1) is 0 Å². The third-order valence-corrected chi connectivity index (χ3v) is 0.924. The van der Waals surface area contributed by atoms with Crippen molar-refractivity contribution in [3.05, 3.63) is 24.4 Å². The number of hydrogen-bond donors (Lipinski definition) is 0. The van der Waals surface area contributed by atoms with Crippen LogP contribution < -0.4 is 4.63 Å². The van der Waals surface area contributed by atoms with Crippen molar-refractivity contribution in [1.29, 1.82) is 0 Å². The monoisotopic (exact) mass is 137 g/mol. The van der Waals surface area contributed by atoms with E-state index in [1.54, 1.807) is 6.20 Å². The topological polar surface area (TPSA) is 12.9 Å². The molecule has 0 bridgehead atoms. The van der Waals surface area contributed by atoms with Gasteiger partial charge >= 0.3 is 49.7 Å². The van der Waals surface area contributed by atoms with Gasteiger partial charge in [0.25, 0.3) is 0 Å². The van der Waals surface area contributed by atoms with Gasteiger partial charge in [-0.1, -0.05) is 0 Å². The molecule has 1 aromatic rings. The molecular weight excluding hydrogens is 133 g/mol. The number of rotatable bonds is 0. The predicted molar refractivity (Wildman–Crippen MR) is 23.9 cm³/mol. The summed E-state index contributed by atoms with van der Waals surface area (Å²) in [6.45, 7) is 0. The maximum atomic E-state index is 4.02. The predicted octanol–water partition coefficient (Wildman–Crippen LogP) is 0.254. The van der Waals surface area contributed by atoms with Crippen molar-refractivity contribution < 1.29 is 15.7 Å². The maximum absolute atomic E-state index is 4.02. The Kier molecular flexibility index (Phi) is 1.44. The normalized spacial score (nSPS) is 8.86. The van der Waals surface area contributed by atoms with Gasteiger partial charge in [0.1, 0.15) is 0 Å². The molecule has 1 aromatic heterocycles. The number of hydrogen-bond acceptors (Lipinski definition) is 1. The van der Waals surface area contributed by atoms with Gasteiger partial charge in [-0.25, -0.2) is 0 Å². The average molecular weight is 137 g/mol. The van der Waals surface area contributed by atoms with Gasteiger partial charge in [-0.05, 0) is 0 Å². The van der Waals surface area contributed by atoms with Crippen molar-refractivity contribution in [2.75, 3.05) is 0 Å². The van der Waals surface area contributed by atoms with Crippen LogP contribution in [-0.4, -0.2) is 4.98 Å². The molecule has 1 nitrogen and oxygen atoms in total. The summed E-state index contributed by atoms with van der Waals surface area (Å²) in [5.74, 6) is 0. The zero-order chi connectivity index (χ0) is 5.11. The van der Waals surface area contributed by atoms with Crippen LogP contribution in [0.2, 0.25) is 0 Å². The summed E-state index contributed by atoms with van der Waals surface area (Å²) in [7, 11) is 0. The number of nitrogens with zero attached hydrogens (tertiary/aromatic N) is 1. The molecule has 38 valence electrons. The zero-order valence-electron chi connectivity index (χ0n) is 3.59. The average Bonchev–Trinajstić information content (AvgIpc) is 1.69. The first-order chi connectivity index (χ1) is 3.39. The molecule has 0 spiro atoms. The van der Waals surface area contributed by atoms with E-state index in [0.29, 0.717) is 0 Å². The van der Waals surface area contributed by atoms with E-state index in [0.717, 1.165) is 4.63 Å². The molecule has 0 aromatic carbocycles. The van der Waals surface area contributed by atoms with Gasteiger partial charge in [-0.3, -0.25) is 0 Å². The van der Waals surface area contributed by atoms with Gasteiger partial charge in [0, 0.05) is 0 Å². The van der Waals surface area contributed by atoms with Crippen LogP contribution in [0.15, 0.2) is 24.4 Å². The Morgan fingerprint density at radius 1 is 1.43 bits per heavy atom. The minimum absolute atomic E-state index is 0.759. The molecule has 7 heavy (non-hydrogen) atoms. The molecule has 0 aliphatic carbocycles. The minimum atomic E-state index is 0.759. The fourth-order valence-corrected chi connectivity index (χ4v) is 0.512. The summed E-state index contributed by atoms with van der Waals surface area (Å²) < 4.78 is 0.759. The third-order valence-electron chi connectivity index (χ3n) is 0.616. The molecule has 0 N–H and O–H groups in total. The summed E-state index contributed by atoms with van der Waals surface area (Å²) in [5.41, 5.74) is 0. The second-order valence-corrected chi connectivity index (χ2v) is 1.66. The summed E-state index contributed by atoms with van der Waals surface area (Å²) in [5, 5.41) is 0. The van der Waals surface area contributed by atoms with E-state index in [9.17, 15) is 0 Å². The van der Waals surface area contributed by atoms with Crippen molar-refractivity contribution in [1.82, 2.24) is 4.98 Å². The molecule has 0 radical (unpaired) electrons. The van der Waals surface area contributed by atoms with Crippen molar-refractivity contribution in [2.45, 2.75) is 0 Å². The fraction of sp³-hybridized carbons (Fsp3) is 0. The quantitative estimate of drug-likeness (QED) is 0.499. The molecular formula is C5H4CoN. The molecule has 1 heterocycles. The number of aromatic nitrogens is 1. The van der Waals surface area contributed by atoms with Crippen LogP contribution in [-0.2, 0) is 15.7 Å². The van der Waals surface area contributed by atoms with Crippen molar-refractivity contribution >= 4 is 4.63 Å². The summed E-state index contributed by atoms with van der Waals surface area (Å²) in [6.07, 6.45) is 1.71. The molecule has 0 saturated heterocycles. The Morgan fingerprint density at radius 3 is 2.57 bits per heavy atom. The Morgan fingerprint density at radius 2 is 2.29 bits per heavy atom. The molecule has 2 heteroatoms. The van der Waals surface area contributed by atoms with E-state index in [1.807, 2.05) is 18.2 Å². The first-order valence-electron chi connectivity index (χ1n) is 1.94. The number of pyridine rings is 1. The summed E-state index contributed by atoms with van der Waals surface area (Å²) in [4.78, 5) is 3.84. The Balaban J connectivity index is 3.02. The van der Waals surface area contributed by atoms with Gasteiger partial charge < -0.3 is 0 Å². The van der Waals surface area contributed by atoms with E-state index in [1.165, 1.54) is 0 Å². The van der Waals surface area contributed by atoms with Crippen molar-refractivity contribution in [3.8, 4) is 0 Å². The standard InChI is InChI=1S/C5H4N.Co/c1-2-4-6-5-3-1;/h1-4H;. The summed E-state index contributed by atoms with van der Waals surface area (Å²) >= 11 is 4.02. The first kappa shape index (κ1) is 4.81. The fourth-order valence-electron chi connectivity index (χ4n) is 0.334. The van der Waals surface area contributed by atoms with Gasteiger partial charge in [-0.2, -0.15) is 0 Å². The van der Waals surface area contributed by atoms with Crippen LogP contribution in [0.5, 0.6) is 0 Å². The second kappa shape index (κ2) is 2.09. The van der Waals surface area contributed by atoms with Gasteiger partial charge in [0.2, 0.25) is 0 Å². The molecule has 1 rings (SSSR count). The van der Waals surface area contributed by atoms with Gasteiger partial charge in [0.15, 0.2) is 0 Å². The van der Waals surface area contributed by atoms with E-state index in [4.69, 9.17) is 0 Å². The summed E-state index contributed by atoms with van der Waals surface area (Å²) in [6, 6.07) is 5.59. The van der Waals surface area contributed by atoms with Crippen LogP contribution in [0.3, 0.4) is 0 Å². The Bertz CT molecular complexity index is 138. The van der Waals surface area contributed by atoms with E-state index >= 15 is 0 Å². The van der Waals surface area contributed by atoms with Crippen molar-refractivity contribution in [2.24, 2.45) is 0 Å². The Labute approximate surface area is 50.4 Å². The van der Waals surface area contributed by atoms with Crippen LogP contribution >= 0.6 is 0 Å². The SMILES string of the molecule is [Co][c]1ccccn1. The molecule has 0 aliphatic heterocycles. The van der Waals surface area contributed by atoms with Gasteiger partial charge in [-0.15, -0.1) is 0 Å². The van der Waals surface area contributed by atoms with E-state index in [2.05, 4.69) is 20.7 Å². The first-order valence-corrected chi connectivity index (χ1v) is 2.46. The zero-order valence-corrected chi connectivity index (χ0v) is 4.63. The van der Waals surface area contributed by atoms with E-state index in [-0.39, 0.29) is 0 Å². The second-order valence-electron chi connectivity index (χ2n) is 1.13. The molecule has 0 atom stereocenters. The molecule has 0 amide bonds. The molecule has 0 saturated carbocycles. The van der Waals surface area contributed by atoms with Crippen LogP contribution in [0.4, 0.5) is 0 Å². The molecule has 0 fully saturated rings. The van der Waals surface area contributed by atoms with Crippen LogP contribution in [0, 0.1) is 0 Å². The third kappa shape index (κ3) is 1.29. The molecule has 0 unspecified atom stereocenters. The van der Waals surface area contributed by atoms with Crippen LogP contribution in [0.1, 0.15) is 0 Å².